The van der Waals surface area contributed by atoms with Gasteiger partial charge < -0.3 is 20.3 Å². The summed E-state index contributed by atoms with van der Waals surface area (Å²) in [5.41, 5.74) is 2.60. The van der Waals surface area contributed by atoms with Gasteiger partial charge in [0.05, 0.1) is 19.0 Å². The maximum absolute atomic E-state index is 9.47. The molecule has 0 saturated heterocycles. The molecule has 26 heavy (non-hydrogen) atoms. The molecular weight excluding hydrogens is 330 g/mol. The Morgan fingerprint density at radius 3 is 2.62 bits per heavy atom. The first-order valence-corrected chi connectivity index (χ1v) is 8.87. The largest absolute Gasteiger partial charge is 0.394 e. The number of nitrogens with zero attached hydrogens (tertiary/aromatic N) is 5. The summed E-state index contributed by atoms with van der Waals surface area (Å²) in [7, 11) is 0. The summed E-state index contributed by atoms with van der Waals surface area (Å²) in [5.74, 6) is 1.15. The number of imidazole rings is 1. The highest BCUT2D eigenvalue weighted by atomic mass is 16.3. The second-order valence-corrected chi connectivity index (χ2v) is 6.45. The van der Waals surface area contributed by atoms with Crippen molar-refractivity contribution >= 4 is 22.9 Å². The van der Waals surface area contributed by atoms with Gasteiger partial charge in [-0.3, -0.25) is 4.98 Å². The summed E-state index contributed by atoms with van der Waals surface area (Å²) in [4.78, 5) is 17.7. The van der Waals surface area contributed by atoms with Gasteiger partial charge in [0.2, 0.25) is 5.95 Å². The first-order chi connectivity index (χ1) is 12.6. The molecule has 0 amide bonds. The third-order valence-corrected chi connectivity index (χ3v) is 4.23. The second-order valence-electron chi connectivity index (χ2n) is 6.45. The van der Waals surface area contributed by atoms with E-state index in [-0.39, 0.29) is 18.7 Å². The van der Waals surface area contributed by atoms with E-state index in [0.29, 0.717) is 18.3 Å². The van der Waals surface area contributed by atoms with Crippen LogP contribution in [0.3, 0.4) is 0 Å². The number of aliphatic hydroxyl groups is 1. The SMILES string of the molecule is CCC(CO)Nc1nc(NCc2ccncc2)c2ncn(C(C)C)c2n1. The van der Waals surface area contributed by atoms with E-state index in [9.17, 15) is 5.11 Å². The molecule has 8 heteroatoms. The highest BCUT2D eigenvalue weighted by Gasteiger charge is 2.16. The molecule has 3 heterocycles. The standard InChI is InChI=1S/C18H25N7O/c1-4-14(10-26)22-18-23-16(20-9-13-5-7-19-8-6-13)15-17(24-18)25(11-21-15)12(2)3/h5-8,11-12,14,26H,4,9-10H2,1-3H3,(H2,20,22,23,24). The van der Waals surface area contributed by atoms with Crippen LogP contribution in [0.4, 0.5) is 11.8 Å². The summed E-state index contributed by atoms with van der Waals surface area (Å²) in [6.45, 7) is 6.82. The Kier molecular flexibility index (Phi) is 5.62. The molecule has 0 bridgehead atoms. The van der Waals surface area contributed by atoms with Crippen molar-refractivity contribution in [2.75, 3.05) is 17.2 Å². The van der Waals surface area contributed by atoms with Gasteiger partial charge in [0.25, 0.3) is 0 Å². The summed E-state index contributed by atoms with van der Waals surface area (Å²) < 4.78 is 2.01. The Balaban J connectivity index is 1.96. The fourth-order valence-corrected chi connectivity index (χ4v) is 2.63. The summed E-state index contributed by atoms with van der Waals surface area (Å²) in [6, 6.07) is 4.05. The average molecular weight is 355 g/mol. The van der Waals surface area contributed by atoms with Gasteiger partial charge in [0.1, 0.15) is 0 Å². The van der Waals surface area contributed by atoms with Crippen LogP contribution >= 0.6 is 0 Å². The normalized spacial score (nSPS) is 12.5. The van der Waals surface area contributed by atoms with Crippen LogP contribution in [0.1, 0.15) is 38.8 Å². The van der Waals surface area contributed by atoms with E-state index in [1.807, 2.05) is 23.6 Å². The van der Waals surface area contributed by atoms with Gasteiger partial charge >= 0.3 is 0 Å². The van der Waals surface area contributed by atoms with Gasteiger partial charge in [0.15, 0.2) is 17.0 Å². The Hall–Kier alpha value is -2.74. The number of anilines is 2. The number of aliphatic hydroxyl groups excluding tert-OH is 1. The molecule has 138 valence electrons. The summed E-state index contributed by atoms with van der Waals surface area (Å²) in [6.07, 6.45) is 6.09. The first kappa shape index (κ1) is 18.1. The predicted molar refractivity (Wildman–Crippen MR) is 102 cm³/mol. The molecule has 8 nitrogen and oxygen atoms in total. The van der Waals surface area contributed by atoms with Gasteiger partial charge in [-0.2, -0.15) is 9.97 Å². The van der Waals surface area contributed by atoms with E-state index in [2.05, 4.69) is 44.4 Å². The van der Waals surface area contributed by atoms with Crippen LogP contribution < -0.4 is 10.6 Å². The molecule has 0 aliphatic heterocycles. The minimum absolute atomic E-state index is 0.0289. The maximum Gasteiger partial charge on any atom is 0.227 e. The molecule has 0 spiro atoms. The van der Waals surface area contributed by atoms with Gasteiger partial charge in [-0.15, -0.1) is 0 Å². The topological polar surface area (TPSA) is 101 Å². The second kappa shape index (κ2) is 8.09. The van der Waals surface area contributed by atoms with Gasteiger partial charge in [-0.05, 0) is 38.0 Å². The fraction of sp³-hybridized carbons (Fsp3) is 0.444. The van der Waals surface area contributed by atoms with Crippen LogP contribution in [-0.4, -0.2) is 42.3 Å². The third kappa shape index (κ3) is 3.91. The Morgan fingerprint density at radius 1 is 1.19 bits per heavy atom. The minimum atomic E-state index is -0.0871. The van der Waals surface area contributed by atoms with Crippen molar-refractivity contribution in [1.82, 2.24) is 24.5 Å². The van der Waals surface area contributed by atoms with E-state index in [1.54, 1.807) is 18.7 Å². The number of fused-ring (bicyclic) bond motifs is 1. The van der Waals surface area contributed by atoms with Crippen molar-refractivity contribution in [1.29, 1.82) is 0 Å². The van der Waals surface area contributed by atoms with Crippen LogP contribution in [-0.2, 0) is 6.54 Å². The van der Waals surface area contributed by atoms with Crippen molar-refractivity contribution in [2.24, 2.45) is 0 Å². The van der Waals surface area contributed by atoms with E-state index >= 15 is 0 Å². The molecule has 0 aliphatic rings. The zero-order valence-electron chi connectivity index (χ0n) is 15.3. The number of hydrogen-bond acceptors (Lipinski definition) is 7. The molecule has 3 N–H and O–H groups in total. The van der Waals surface area contributed by atoms with Crippen LogP contribution in [0.15, 0.2) is 30.9 Å². The van der Waals surface area contributed by atoms with Crippen LogP contribution in [0, 0.1) is 0 Å². The lowest BCUT2D eigenvalue weighted by atomic mass is 10.2. The monoisotopic (exact) mass is 355 g/mol. The van der Waals surface area contributed by atoms with Gasteiger partial charge in [0, 0.05) is 25.0 Å². The van der Waals surface area contributed by atoms with Crippen molar-refractivity contribution in [3.63, 3.8) is 0 Å². The molecule has 3 aromatic rings. The molecule has 0 saturated carbocycles. The smallest absolute Gasteiger partial charge is 0.227 e. The summed E-state index contributed by atoms with van der Waals surface area (Å²) >= 11 is 0. The lowest BCUT2D eigenvalue weighted by Gasteiger charge is -2.16. The maximum atomic E-state index is 9.47. The number of rotatable bonds is 8. The van der Waals surface area contributed by atoms with Crippen LogP contribution in [0.2, 0.25) is 0 Å². The highest BCUT2D eigenvalue weighted by Crippen LogP contribution is 2.24. The average Bonchev–Trinajstić information content (AvgIpc) is 3.09. The molecular formula is C18H25N7O. The number of aromatic nitrogens is 5. The predicted octanol–water partition coefficient (Wildman–Crippen LogP) is 2.60. The molecule has 0 fully saturated rings. The zero-order valence-corrected chi connectivity index (χ0v) is 15.3. The van der Waals surface area contributed by atoms with Crippen molar-refractivity contribution < 1.29 is 5.11 Å². The van der Waals surface area contributed by atoms with E-state index in [1.165, 1.54) is 0 Å². The number of nitrogens with one attached hydrogen (secondary N) is 2. The van der Waals surface area contributed by atoms with Crippen molar-refractivity contribution in [3.8, 4) is 0 Å². The number of hydrogen-bond donors (Lipinski definition) is 3. The fourth-order valence-electron chi connectivity index (χ4n) is 2.63. The van der Waals surface area contributed by atoms with E-state index < -0.39 is 0 Å². The lowest BCUT2D eigenvalue weighted by Crippen LogP contribution is -2.24. The van der Waals surface area contributed by atoms with E-state index in [0.717, 1.165) is 23.1 Å². The van der Waals surface area contributed by atoms with E-state index in [4.69, 9.17) is 0 Å². The number of pyridine rings is 1. The van der Waals surface area contributed by atoms with Crippen molar-refractivity contribution in [3.05, 3.63) is 36.4 Å². The highest BCUT2D eigenvalue weighted by molar-refractivity contribution is 5.84. The zero-order chi connectivity index (χ0) is 18.5. The molecule has 1 atom stereocenters. The minimum Gasteiger partial charge on any atom is -0.394 e. The van der Waals surface area contributed by atoms with Crippen molar-refractivity contribution in [2.45, 2.75) is 45.8 Å². The Morgan fingerprint density at radius 2 is 1.96 bits per heavy atom. The van der Waals surface area contributed by atoms with Crippen LogP contribution in [0.25, 0.3) is 11.2 Å². The summed E-state index contributed by atoms with van der Waals surface area (Å²) in [5, 5.41) is 16.0. The first-order valence-electron chi connectivity index (χ1n) is 8.87. The Labute approximate surface area is 152 Å². The van der Waals surface area contributed by atoms with Gasteiger partial charge in [-0.1, -0.05) is 6.92 Å². The molecule has 0 aromatic carbocycles. The molecule has 3 aromatic heterocycles. The lowest BCUT2D eigenvalue weighted by molar-refractivity contribution is 0.271. The quantitative estimate of drug-likeness (QED) is 0.571. The van der Waals surface area contributed by atoms with Crippen LogP contribution in [0.5, 0.6) is 0 Å². The third-order valence-electron chi connectivity index (χ3n) is 4.23. The molecule has 3 rings (SSSR count). The molecule has 0 radical (unpaired) electrons. The van der Waals surface area contributed by atoms with Gasteiger partial charge in [-0.25, -0.2) is 4.98 Å². The molecule has 1 unspecified atom stereocenters. The molecule has 0 aliphatic carbocycles. The Bertz CT molecular complexity index is 843.